The lowest BCUT2D eigenvalue weighted by molar-refractivity contribution is 0.508. The summed E-state index contributed by atoms with van der Waals surface area (Å²) in [5, 5.41) is 17.9. The molecule has 0 aliphatic heterocycles. The summed E-state index contributed by atoms with van der Waals surface area (Å²) in [4.78, 5) is 0. The molecule has 0 unspecified atom stereocenters. The van der Waals surface area contributed by atoms with Crippen LogP contribution < -0.4 is 0 Å². The van der Waals surface area contributed by atoms with Crippen LogP contribution in [0.15, 0.2) is 64.2 Å². The lowest BCUT2D eigenvalue weighted by Crippen LogP contribution is -2.02. The van der Waals surface area contributed by atoms with Crippen LogP contribution in [0.25, 0.3) is 17.1 Å². The highest BCUT2D eigenvalue weighted by Crippen LogP contribution is 2.43. The van der Waals surface area contributed by atoms with Gasteiger partial charge in [-0.1, -0.05) is 30.0 Å². The van der Waals surface area contributed by atoms with Crippen molar-refractivity contribution in [1.29, 1.82) is 0 Å². The first-order valence-corrected chi connectivity index (χ1v) is 10.3. The van der Waals surface area contributed by atoms with Crippen LogP contribution in [0.5, 0.6) is 0 Å². The van der Waals surface area contributed by atoms with E-state index >= 15 is 0 Å². The van der Waals surface area contributed by atoms with E-state index in [2.05, 4.69) is 37.1 Å². The Kier molecular flexibility index (Phi) is 4.63. The van der Waals surface area contributed by atoms with Crippen molar-refractivity contribution >= 4 is 11.8 Å². The van der Waals surface area contributed by atoms with Gasteiger partial charge in [0.25, 0.3) is 0 Å². The highest BCUT2D eigenvalue weighted by Gasteiger charge is 2.31. The van der Waals surface area contributed by atoms with Crippen LogP contribution in [0.4, 0.5) is 4.39 Å². The number of benzene rings is 2. The molecular formula is C21H18FN5OS. The van der Waals surface area contributed by atoms with Crippen molar-refractivity contribution in [1.82, 2.24) is 25.0 Å². The molecule has 0 bridgehead atoms. The fourth-order valence-electron chi connectivity index (χ4n) is 3.10. The zero-order valence-electron chi connectivity index (χ0n) is 15.7. The standard InChI is InChI=1S/C21H18FN5OS/c1-13(19-24-25-20(28-19)15-9-11-16(22)12-10-15)29-21-26-23-18(14-7-8-14)27(21)17-5-3-2-4-6-17/h2-6,9-14H,7-8H2,1H3/t13-/m1/s1. The molecule has 1 saturated carbocycles. The maximum Gasteiger partial charge on any atom is 0.247 e. The smallest absolute Gasteiger partial charge is 0.247 e. The van der Waals surface area contributed by atoms with E-state index in [1.807, 2.05) is 25.1 Å². The summed E-state index contributed by atoms with van der Waals surface area (Å²) < 4.78 is 21.1. The summed E-state index contributed by atoms with van der Waals surface area (Å²) in [6, 6.07) is 16.1. The zero-order chi connectivity index (χ0) is 19.8. The number of rotatable bonds is 6. The van der Waals surface area contributed by atoms with Crippen molar-refractivity contribution in [2.45, 2.75) is 36.1 Å². The van der Waals surface area contributed by atoms with Crippen LogP contribution >= 0.6 is 11.8 Å². The van der Waals surface area contributed by atoms with Gasteiger partial charge in [0.15, 0.2) is 5.16 Å². The summed E-state index contributed by atoms with van der Waals surface area (Å²) >= 11 is 1.53. The highest BCUT2D eigenvalue weighted by molar-refractivity contribution is 7.99. The van der Waals surface area contributed by atoms with Gasteiger partial charge in [-0.05, 0) is 56.2 Å². The van der Waals surface area contributed by atoms with Gasteiger partial charge in [0.1, 0.15) is 11.6 Å². The number of hydrogen-bond donors (Lipinski definition) is 0. The summed E-state index contributed by atoms with van der Waals surface area (Å²) in [5.74, 6) is 2.04. The van der Waals surface area contributed by atoms with Crippen molar-refractivity contribution in [3.05, 3.63) is 72.1 Å². The van der Waals surface area contributed by atoms with E-state index in [9.17, 15) is 4.39 Å². The van der Waals surface area contributed by atoms with E-state index in [1.54, 1.807) is 12.1 Å². The predicted octanol–water partition coefficient (Wildman–Crippen LogP) is 5.19. The van der Waals surface area contributed by atoms with Crippen LogP contribution in [-0.2, 0) is 0 Å². The minimum atomic E-state index is -0.302. The highest BCUT2D eigenvalue weighted by atomic mass is 32.2. The van der Waals surface area contributed by atoms with Gasteiger partial charge in [-0.25, -0.2) is 4.39 Å². The van der Waals surface area contributed by atoms with Gasteiger partial charge < -0.3 is 4.42 Å². The molecule has 0 spiro atoms. The van der Waals surface area contributed by atoms with Gasteiger partial charge in [-0.2, -0.15) is 0 Å². The Balaban J connectivity index is 1.42. The summed E-state index contributed by atoms with van der Waals surface area (Å²) in [5.41, 5.74) is 1.73. The molecule has 8 heteroatoms. The quantitative estimate of drug-likeness (QED) is 0.410. The Labute approximate surface area is 171 Å². The summed E-state index contributed by atoms with van der Waals surface area (Å²) in [7, 11) is 0. The average molecular weight is 407 g/mol. The molecule has 146 valence electrons. The van der Waals surface area contributed by atoms with Gasteiger partial charge in [-0.3, -0.25) is 4.57 Å². The molecule has 2 heterocycles. The molecule has 2 aromatic heterocycles. The topological polar surface area (TPSA) is 69.6 Å². The number of halogens is 1. The molecule has 1 aliphatic carbocycles. The van der Waals surface area contributed by atoms with E-state index in [1.165, 1.54) is 23.9 Å². The Hall–Kier alpha value is -3.00. The minimum Gasteiger partial charge on any atom is -0.419 e. The van der Waals surface area contributed by atoms with Crippen molar-refractivity contribution in [3.63, 3.8) is 0 Å². The van der Waals surface area contributed by atoms with E-state index in [4.69, 9.17) is 4.42 Å². The first-order chi connectivity index (χ1) is 14.2. The molecule has 1 fully saturated rings. The lowest BCUT2D eigenvalue weighted by Gasteiger charge is -2.11. The minimum absolute atomic E-state index is 0.115. The first-order valence-electron chi connectivity index (χ1n) is 9.46. The fraction of sp³-hybridized carbons (Fsp3) is 0.238. The van der Waals surface area contributed by atoms with E-state index in [0.717, 1.165) is 29.5 Å². The molecule has 2 aromatic carbocycles. The molecule has 29 heavy (non-hydrogen) atoms. The lowest BCUT2D eigenvalue weighted by atomic mass is 10.2. The van der Waals surface area contributed by atoms with Crippen molar-refractivity contribution < 1.29 is 8.81 Å². The molecule has 1 atom stereocenters. The Morgan fingerprint density at radius 2 is 1.76 bits per heavy atom. The third-order valence-corrected chi connectivity index (χ3v) is 5.81. The third-order valence-electron chi connectivity index (χ3n) is 4.78. The Morgan fingerprint density at radius 1 is 1.00 bits per heavy atom. The number of hydrogen-bond acceptors (Lipinski definition) is 6. The Bertz CT molecular complexity index is 1120. The van der Waals surface area contributed by atoms with Gasteiger partial charge in [-0.15, -0.1) is 20.4 Å². The Morgan fingerprint density at radius 3 is 2.48 bits per heavy atom. The van der Waals surface area contributed by atoms with Crippen molar-refractivity contribution in [2.75, 3.05) is 0 Å². The van der Waals surface area contributed by atoms with Crippen LogP contribution in [0.1, 0.15) is 42.6 Å². The summed E-state index contributed by atoms with van der Waals surface area (Å²) in [6.07, 6.45) is 2.30. The summed E-state index contributed by atoms with van der Waals surface area (Å²) in [6.45, 7) is 1.99. The number of aromatic nitrogens is 5. The van der Waals surface area contributed by atoms with Gasteiger partial charge in [0.05, 0.1) is 5.25 Å². The maximum atomic E-state index is 13.1. The van der Waals surface area contributed by atoms with Crippen molar-refractivity contribution in [3.8, 4) is 17.1 Å². The number of thioether (sulfide) groups is 1. The first kappa shape index (κ1) is 18.1. The molecule has 0 radical (unpaired) electrons. The number of para-hydroxylation sites is 1. The van der Waals surface area contributed by atoms with Crippen molar-refractivity contribution in [2.24, 2.45) is 0 Å². The second-order valence-electron chi connectivity index (χ2n) is 7.00. The maximum absolute atomic E-state index is 13.1. The second kappa shape index (κ2) is 7.44. The van der Waals surface area contributed by atoms with E-state index in [-0.39, 0.29) is 11.1 Å². The predicted molar refractivity (Wildman–Crippen MR) is 107 cm³/mol. The normalized spacial score (nSPS) is 14.8. The monoisotopic (exact) mass is 407 g/mol. The second-order valence-corrected chi connectivity index (χ2v) is 8.31. The SMILES string of the molecule is C[C@@H](Sc1nnc(C2CC2)n1-c1ccccc1)c1nnc(-c2ccc(F)cc2)o1. The fourth-order valence-corrected chi connectivity index (χ4v) is 4.00. The molecule has 0 saturated heterocycles. The van der Waals surface area contributed by atoms with Crippen LogP contribution in [0, 0.1) is 5.82 Å². The molecule has 0 amide bonds. The van der Waals surface area contributed by atoms with E-state index in [0.29, 0.717) is 23.3 Å². The molecule has 1 aliphatic rings. The molecule has 5 rings (SSSR count). The van der Waals surface area contributed by atoms with Crippen LogP contribution in [0.3, 0.4) is 0 Å². The van der Waals surface area contributed by atoms with Gasteiger partial charge in [0.2, 0.25) is 11.8 Å². The third kappa shape index (κ3) is 3.67. The van der Waals surface area contributed by atoms with E-state index < -0.39 is 0 Å². The van der Waals surface area contributed by atoms with Gasteiger partial charge >= 0.3 is 0 Å². The molecule has 6 nitrogen and oxygen atoms in total. The molecule has 0 N–H and O–H groups in total. The zero-order valence-corrected chi connectivity index (χ0v) is 16.5. The number of nitrogens with zero attached hydrogens (tertiary/aromatic N) is 5. The molecule has 4 aromatic rings. The largest absolute Gasteiger partial charge is 0.419 e. The van der Waals surface area contributed by atoms with Crippen LogP contribution in [0.2, 0.25) is 0 Å². The molecular weight excluding hydrogens is 389 g/mol. The van der Waals surface area contributed by atoms with Crippen LogP contribution in [-0.4, -0.2) is 25.0 Å². The average Bonchev–Trinajstić information content (AvgIpc) is 3.31. The van der Waals surface area contributed by atoms with Gasteiger partial charge in [0, 0.05) is 17.2 Å².